The fourth-order valence-corrected chi connectivity index (χ4v) is 2.33. The fraction of sp³-hybridized carbons (Fsp3) is 0.467. The van der Waals surface area contributed by atoms with Crippen LogP contribution in [0, 0.1) is 5.41 Å². The van der Waals surface area contributed by atoms with Crippen LogP contribution in [0.15, 0.2) is 24.3 Å². The standard InChI is InChI=1S/C15H21N3O2.BrH/c1-3-5-10-17-12-8-6-7-9-13(12)18(15(17)16)11-14(19)20-4-2;/h6-9,16H,3-5,10-11H2,1-2H3;1H. The molecule has 1 N–H and O–H groups in total. The summed E-state index contributed by atoms with van der Waals surface area (Å²) >= 11 is 0. The van der Waals surface area contributed by atoms with Gasteiger partial charge in [0.25, 0.3) is 0 Å². The number of hydrogen-bond acceptors (Lipinski definition) is 3. The Morgan fingerprint density at radius 1 is 1.19 bits per heavy atom. The number of unbranched alkanes of at least 4 members (excludes halogenated alkanes) is 1. The van der Waals surface area contributed by atoms with E-state index >= 15 is 0 Å². The van der Waals surface area contributed by atoms with Crippen molar-refractivity contribution in [3.8, 4) is 0 Å². The van der Waals surface area contributed by atoms with E-state index < -0.39 is 0 Å². The number of aromatic nitrogens is 2. The zero-order chi connectivity index (χ0) is 14.5. The number of carbonyl (C=O) groups is 1. The monoisotopic (exact) mass is 355 g/mol. The van der Waals surface area contributed by atoms with Gasteiger partial charge in [-0.25, -0.2) is 0 Å². The molecule has 2 aromatic rings. The predicted molar refractivity (Wildman–Crippen MR) is 87.6 cm³/mol. The van der Waals surface area contributed by atoms with Gasteiger partial charge in [0, 0.05) is 6.54 Å². The van der Waals surface area contributed by atoms with Crippen molar-refractivity contribution >= 4 is 34.0 Å². The number of imidazole rings is 1. The molecule has 116 valence electrons. The van der Waals surface area contributed by atoms with Crippen LogP contribution >= 0.6 is 17.0 Å². The zero-order valence-corrected chi connectivity index (χ0v) is 14.2. The van der Waals surface area contributed by atoms with Gasteiger partial charge in [0.05, 0.1) is 17.6 Å². The second-order valence-electron chi connectivity index (χ2n) is 4.71. The van der Waals surface area contributed by atoms with E-state index in [2.05, 4.69) is 6.92 Å². The van der Waals surface area contributed by atoms with Crippen LogP contribution < -0.4 is 5.62 Å². The number of nitrogens with one attached hydrogen (secondary N) is 1. The molecule has 0 radical (unpaired) electrons. The van der Waals surface area contributed by atoms with Crippen LogP contribution in [0.3, 0.4) is 0 Å². The minimum Gasteiger partial charge on any atom is -0.465 e. The van der Waals surface area contributed by atoms with Gasteiger partial charge < -0.3 is 9.30 Å². The lowest BCUT2D eigenvalue weighted by Gasteiger charge is -2.04. The number of benzene rings is 1. The van der Waals surface area contributed by atoms with Crippen LogP contribution in [0.2, 0.25) is 0 Å². The first-order valence-electron chi connectivity index (χ1n) is 7.07. The number of fused-ring (bicyclic) bond motifs is 1. The first-order chi connectivity index (χ1) is 9.69. The molecule has 1 aromatic carbocycles. The van der Waals surface area contributed by atoms with Crippen molar-refractivity contribution in [2.24, 2.45) is 0 Å². The SMILES string of the molecule is Br.CCCCn1c(=N)n(CC(=O)OCC)c2ccccc21. The Balaban J connectivity index is 0.00000220. The number of ether oxygens (including phenoxy) is 1. The minimum absolute atomic E-state index is 0. The summed E-state index contributed by atoms with van der Waals surface area (Å²) in [6, 6.07) is 7.81. The summed E-state index contributed by atoms with van der Waals surface area (Å²) in [7, 11) is 0. The number of esters is 1. The summed E-state index contributed by atoms with van der Waals surface area (Å²) in [6.07, 6.45) is 2.09. The van der Waals surface area contributed by atoms with Crippen molar-refractivity contribution in [3.63, 3.8) is 0 Å². The normalized spacial score (nSPS) is 10.4. The molecule has 0 aliphatic rings. The molecule has 0 unspecified atom stereocenters. The molecule has 1 heterocycles. The summed E-state index contributed by atoms with van der Waals surface area (Å²) in [5.74, 6) is -0.301. The molecule has 0 aliphatic heterocycles. The Morgan fingerprint density at radius 3 is 2.38 bits per heavy atom. The van der Waals surface area contributed by atoms with E-state index in [1.807, 2.05) is 28.8 Å². The number of aryl methyl sites for hydroxylation is 1. The topological polar surface area (TPSA) is 60.0 Å². The van der Waals surface area contributed by atoms with E-state index in [1.54, 1.807) is 11.5 Å². The largest absolute Gasteiger partial charge is 0.465 e. The lowest BCUT2D eigenvalue weighted by atomic mass is 10.3. The van der Waals surface area contributed by atoms with Crippen LogP contribution in [0.1, 0.15) is 26.7 Å². The molecule has 21 heavy (non-hydrogen) atoms. The lowest BCUT2D eigenvalue weighted by Crippen LogP contribution is -2.28. The third-order valence-corrected chi connectivity index (χ3v) is 3.30. The quantitative estimate of drug-likeness (QED) is 0.809. The highest BCUT2D eigenvalue weighted by atomic mass is 79.9. The first kappa shape index (κ1) is 17.5. The third-order valence-electron chi connectivity index (χ3n) is 3.30. The van der Waals surface area contributed by atoms with Gasteiger partial charge in [0.15, 0.2) is 0 Å². The second-order valence-corrected chi connectivity index (χ2v) is 4.71. The van der Waals surface area contributed by atoms with Crippen molar-refractivity contribution < 1.29 is 9.53 Å². The van der Waals surface area contributed by atoms with Gasteiger partial charge in [-0.1, -0.05) is 25.5 Å². The maximum Gasteiger partial charge on any atom is 0.326 e. The summed E-state index contributed by atoms with van der Waals surface area (Å²) in [4.78, 5) is 11.7. The van der Waals surface area contributed by atoms with Crippen molar-refractivity contribution in [1.29, 1.82) is 5.41 Å². The average Bonchev–Trinajstić information content (AvgIpc) is 2.70. The second kappa shape index (κ2) is 8.02. The molecule has 0 saturated carbocycles. The van der Waals surface area contributed by atoms with Gasteiger partial charge in [-0.05, 0) is 25.5 Å². The number of hydrogen-bond donors (Lipinski definition) is 1. The smallest absolute Gasteiger partial charge is 0.326 e. The van der Waals surface area contributed by atoms with Crippen LogP contribution in [0.25, 0.3) is 11.0 Å². The molecule has 6 heteroatoms. The molecule has 0 saturated heterocycles. The van der Waals surface area contributed by atoms with Gasteiger partial charge >= 0.3 is 5.97 Å². The molecular formula is C15H22BrN3O2. The molecule has 1 aromatic heterocycles. The van der Waals surface area contributed by atoms with E-state index in [-0.39, 0.29) is 29.5 Å². The van der Waals surface area contributed by atoms with E-state index in [0.717, 1.165) is 30.4 Å². The molecule has 0 fully saturated rings. The third kappa shape index (κ3) is 3.75. The van der Waals surface area contributed by atoms with Crippen molar-refractivity contribution in [2.45, 2.75) is 39.8 Å². The Bertz CT molecular complexity index is 660. The van der Waals surface area contributed by atoms with Crippen LogP contribution in [0.5, 0.6) is 0 Å². The number of nitrogens with zero attached hydrogens (tertiary/aromatic N) is 2. The highest BCUT2D eigenvalue weighted by Crippen LogP contribution is 2.13. The summed E-state index contributed by atoms with van der Waals surface area (Å²) < 4.78 is 8.66. The molecule has 5 nitrogen and oxygen atoms in total. The van der Waals surface area contributed by atoms with Gasteiger partial charge in [-0.3, -0.25) is 14.8 Å². The lowest BCUT2D eigenvalue weighted by molar-refractivity contribution is -0.143. The van der Waals surface area contributed by atoms with E-state index in [0.29, 0.717) is 12.2 Å². The molecule has 0 aliphatic carbocycles. The Morgan fingerprint density at radius 2 is 1.81 bits per heavy atom. The van der Waals surface area contributed by atoms with Crippen LogP contribution in [-0.4, -0.2) is 21.7 Å². The van der Waals surface area contributed by atoms with Gasteiger partial charge in [-0.15, -0.1) is 17.0 Å². The molecule has 0 amide bonds. The van der Waals surface area contributed by atoms with Gasteiger partial charge in [0.2, 0.25) is 5.62 Å². The van der Waals surface area contributed by atoms with Gasteiger partial charge in [-0.2, -0.15) is 0 Å². The zero-order valence-electron chi connectivity index (χ0n) is 12.5. The average molecular weight is 356 g/mol. The van der Waals surface area contributed by atoms with E-state index in [9.17, 15) is 4.79 Å². The van der Waals surface area contributed by atoms with Crippen molar-refractivity contribution in [2.75, 3.05) is 6.61 Å². The van der Waals surface area contributed by atoms with Crippen LogP contribution in [-0.2, 0) is 22.6 Å². The molecule has 2 rings (SSSR count). The Hall–Kier alpha value is -1.56. The fourth-order valence-electron chi connectivity index (χ4n) is 2.33. The number of para-hydroxylation sites is 2. The number of rotatable bonds is 6. The summed E-state index contributed by atoms with van der Waals surface area (Å²) in [5.41, 5.74) is 2.25. The molecule has 0 atom stereocenters. The van der Waals surface area contributed by atoms with Gasteiger partial charge in [0.1, 0.15) is 6.54 Å². The highest BCUT2D eigenvalue weighted by molar-refractivity contribution is 8.93. The maximum absolute atomic E-state index is 11.7. The maximum atomic E-state index is 11.7. The van der Waals surface area contributed by atoms with E-state index in [4.69, 9.17) is 10.1 Å². The summed E-state index contributed by atoms with van der Waals surface area (Å²) in [5, 5.41) is 8.30. The summed E-state index contributed by atoms with van der Waals surface area (Å²) in [6.45, 7) is 5.16. The van der Waals surface area contributed by atoms with E-state index in [1.165, 1.54) is 0 Å². The van der Waals surface area contributed by atoms with Crippen molar-refractivity contribution in [3.05, 3.63) is 29.9 Å². The Labute approximate surface area is 134 Å². The minimum atomic E-state index is -0.301. The molecule has 0 bridgehead atoms. The molecular weight excluding hydrogens is 334 g/mol. The number of carbonyl (C=O) groups excluding carboxylic acids is 1. The van der Waals surface area contributed by atoms with Crippen LogP contribution in [0.4, 0.5) is 0 Å². The Kier molecular flexibility index (Phi) is 6.68. The first-order valence-corrected chi connectivity index (χ1v) is 7.07. The molecule has 0 spiro atoms. The predicted octanol–water partition coefficient (Wildman–Crippen LogP) is 2.86. The number of halogens is 1. The highest BCUT2D eigenvalue weighted by Gasteiger charge is 2.13. The van der Waals surface area contributed by atoms with Crippen molar-refractivity contribution in [1.82, 2.24) is 9.13 Å².